The zero-order valence-corrected chi connectivity index (χ0v) is 15.9. The topological polar surface area (TPSA) is 63.7 Å². The second-order valence-corrected chi connectivity index (χ2v) is 8.15. The highest BCUT2D eigenvalue weighted by atomic mass is 32.1. The van der Waals surface area contributed by atoms with E-state index in [1.165, 1.54) is 16.9 Å². The van der Waals surface area contributed by atoms with Crippen LogP contribution in [-0.2, 0) is 6.42 Å². The van der Waals surface area contributed by atoms with E-state index in [2.05, 4.69) is 29.4 Å². The third kappa shape index (κ3) is 3.35. The second-order valence-electron chi connectivity index (χ2n) is 7.29. The Labute approximate surface area is 157 Å². The van der Waals surface area contributed by atoms with E-state index in [1.807, 2.05) is 23.4 Å². The van der Waals surface area contributed by atoms with Crippen molar-refractivity contribution >= 4 is 22.4 Å². The van der Waals surface area contributed by atoms with E-state index >= 15 is 0 Å². The van der Waals surface area contributed by atoms with Gasteiger partial charge in [-0.25, -0.2) is 4.98 Å². The SMILES string of the molecule is CNc1nc(C(=O)N2CCC[C@](C)(Cc3ccc4c(c3)OCO4)C2)cs1. The number of aromatic nitrogens is 1. The highest BCUT2D eigenvalue weighted by molar-refractivity contribution is 7.13. The van der Waals surface area contributed by atoms with Gasteiger partial charge in [0.15, 0.2) is 16.6 Å². The van der Waals surface area contributed by atoms with Crippen LogP contribution in [0, 0.1) is 5.41 Å². The Morgan fingerprint density at radius 2 is 2.23 bits per heavy atom. The molecular formula is C19H23N3O3S. The zero-order chi connectivity index (χ0) is 18.1. The van der Waals surface area contributed by atoms with Crippen LogP contribution >= 0.6 is 11.3 Å². The lowest BCUT2D eigenvalue weighted by molar-refractivity contribution is 0.0546. The van der Waals surface area contributed by atoms with Crippen LogP contribution in [0.3, 0.4) is 0 Å². The fraction of sp³-hybridized carbons (Fsp3) is 0.474. The lowest BCUT2D eigenvalue weighted by atomic mass is 9.77. The van der Waals surface area contributed by atoms with Gasteiger partial charge >= 0.3 is 0 Å². The largest absolute Gasteiger partial charge is 0.454 e. The van der Waals surface area contributed by atoms with E-state index in [4.69, 9.17) is 9.47 Å². The van der Waals surface area contributed by atoms with E-state index in [-0.39, 0.29) is 11.3 Å². The summed E-state index contributed by atoms with van der Waals surface area (Å²) in [4.78, 5) is 19.1. The standard InChI is InChI=1S/C19H23N3O3S/c1-19(9-13-4-5-15-16(8-13)25-12-24-15)6-3-7-22(11-19)17(23)14-10-26-18(20-2)21-14/h4-5,8,10H,3,6-7,9,11-12H2,1-2H3,(H,20,21)/t19-/m1/s1. The number of carbonyl (C=O) groups excluding carboxylic acids is 1. The summed E-state index contributed by atoms with van der Waals surface area (Å²) in [7, 11) is 1.82. The summed E-state index contributed by atoms with van der Waals surface area (Å²) in [6.07, 6.45) is 3.02. The monoisotopic (exact) mass is 373 g/mol. The summed E-state index contributed by atoms with van der Waals surface area (Å²) >= 11 is 1.46. The minimum Gasteiger partial charge on any atom is -0.454 e. The molecule has 2 aliphatic heterocycles. The molecule has 3 heterocycles. The third-order valence-electron chi connectivity index (χ3n) is 5.07. The van der Waals surface area contributed by atoms with Crippen LogP contribution in [-0.4, -0.2) is 42.7 Å². The maximum Gasteiger partial charge on any atom is 0.273 e. The van der Waals surface area contributed by atoms with E-state index in [9.17, 15) is 4.79 Å². The van der Waals surface area contributed by atoms with Gasteiger partial charge in [0.05, 0.1) is 0 Å². The average molecular weight is 373 g/mol. The lowest BCUT2D eigenvalue weighted by Gasteiger charge is -2.40. The zero-order valence-electron chi connectivity index (χ0n) is 15.1. The molecule has 26 heavy (non-hydrogen) atoms. The fourth-order valence-corrected chi connectivity index (χ4v) is 4.47. The molecule has 1 amide bonds. The van der Waals surface area contributed by atoms with Crippen LogP contribution in [0.5, 0.6) is 11.5 Å². The molecule has 1 fully saturated rings. The molecule has 0 saturated carbocycles. The number of piperidine rings is 1. The molecule has 1 aromatic heterocycles. The van der Waals surface area contributed by atoms with Gasteiger partial charge < -0.3 is 19.7 Å². The summed E-state index contributed by atoms with van der Waals surface area (Å²) < 4.78 is 10.9. The van der Waals surface area contributed by atoms with Gasteiger partial charge in [-0.05, 0) is 42.4 Å². The van der Waals surface area contributed by atoms with Crippen molar-refractivity contribution in [2.24, 2.45) is 5.41 Å². The number of fused-ring (bicyclic) bond motifs is 1. The van der Waals surface area contributed by atoms with Crippen molar-refractivity contribution in [1.82, 2.24) is 9.88 Å². The predicted molar refractivity (Wildman–Crippen MR) is 101 cm³/mol. The van der Waals surface area contributed by atoms with Crippen LogP contribution in [0.25, 0.3) is 0 Å². The highest BCUT2D eigenvalue weighted by Gasteiger charge is 2.34. The first-order valence-corrected chi connectivity index (χ1v) is 9.75. The van der Waals surface area contributed by atoms with Crippen LogP contribution in [0.4, 0.5) is 5.13 Å². The van der Waals surface area contributed by atoms with Gasteiger partial charge in [-0.2, -0.15) is 0 Å². The van der Waals surface area contributed by atoms with Crippen molar-refractivity contribution < 1.29 is 14.3 Å². The second kappa shape index (κ2) is 6.79. The number of likely N-dealkylation sites (tertiary alicyclic amines) is 1. The first-order chi connectivity index (χ1) is 12.6. The molecule has 7 heteroatoms. The fourth-order valence-electron chi connectivity index (χ4n) is 3.83. The molecule has 0 spiro atoms. The van der Waals surface area contributed by atoms with Gasteiger partial charge in [-0.1, -0.05) is 13.0 Å². The van der Waals surface area contributed by atoms with Crippen LogP contribution in [0.1, 0.15) is 35.8 Å². The number of anilines is 1. The number of thiazole rings is 1. The van der Waals surface area contributed by atoms with Crippen LogP contribution in [0.2, 0.25) is 0 Å². The first-order valence-electron chi connectivity index (χ1n) is 8.87. The van der Waals surface area contributed by atoms with Crippen molar-refractivity contribution in [3.63, 3.8) is 0 Å². The smallest absolute Gasteiger partial charge is 0.273 e. The van der Waals surface area contributed by atoms with E-state index in [0.717, 1.165) is 49.0 Å². The Morgan fingerprint density at radius 1 is 1.38 bits per heavy atom. The molecule has 1 N–H and O–H groups in total. The minimum atomic E-state index is 0.0272. The van der Waals surface area contributed by atoms with Crippen LogP contribution < -0.4 is 14.8 Å². The maximum absolute atomic E-state index is 12.8. The van der Waals surface area contributed by atoms with Gasteiger partial charge in [0, 0.05) is 25.5 Å². The molecule has 2 aromatic rings. The molecule has 2 aliphatic rings. The molecule has 1 atom stereocenters. The van der Waals surface area contributed by atoms with Gasteiger partial charge in [-0.15, -0.1) is 11.3 Å². The van der Waals surface area contributed by atoms with E-state index < -0.39 is 0 Å². The van der Waals surface area contributed by atoms with E-state index in [1.54, 1.807) is 0 Å². The molecule has 0 aliphatic carbocycles. The van der Waals surface area contributed by atoms with Crippen molar-refractivity contribution in [2.75, 3.05) is 32.2 Å². The number of nitrogens with one attached hydrogen (secondary N) is 1. The van der Waals surface area contributed by atoms with Crippen LogP contribution in [0.15, 0.2) is 23.6 Å². The molecule has 1 saturated heterocycles. The van der Waals surface area contributed by atoms with Gasteiger partial charge in [0.25, 0.3) is 5.91 Å². The van der Waals surface area contributed by atoms with E-state index in [0.29, 0.717) is 12.5 Å². The Hall–Kier alpha value is -2.28. The average Bonchev–Trinajstić information content (AvgIpc) is 3.29. The summed E-state index contributed by atoms with van der Waals surface area (Å²) in [5.74, 6) is 1.65. The number of hydrogen-bond donors (Lipinski definition) is 1. The number of carbonyl (C=O) groups is 1. The Bertz CT molecular complexity index is 822. The highest BCUT2D eigenvalue weighted by Crippen LogP contribution is 2.38. The number of rotatable bonds is 4. The van der Waals surface area contributed by atoms with Crippen molar-refractivity contribution in [3.8, 4) is 11.5 Å². The molecule has 0 radical (unpaired) electrons. The van der Waals surface area contributed by atoms with Gasteiger partial charge in [-0.3, -0.25) is 4.79 Å². The Balaban J connectivity index is 1.47. The lowest BCUT2D eigenvalue weighted by Crippen LogP contribution is -2.45. The number of ether oxygens (including phenoxy) is 2. The Kier molecular flexibility index (Phi) is 4.48. The molecule has 6 nitrogen and oxygen atoms in total. The summed E-state index contributed by atoms with van der Waals surface area (Å²) in [6, 6.07) is 6.13. The van der Waals surface area contributed by atoms with Crippen molar-refractivity contribution in [1.29, 1.82) is 0 Å². The Morgan fingerprint density at radius 3 is 3.04 bits per heavy atom. The molecule has 138 valence electrons. The summed E-state index contributed by atoms with van der Waals surface area (Å²) in [5, 5.41) is 5.59. The summed E-state index contributed by atoms with van der Waals surface area (Å²) in [5.41, 5.74) is 1.80. The molecule has 1 aromatic carbocycles. The van der Waals surface area contributed by atoms with Crippen molar-refractivity contribution in [3.05, 3.63) is 34.8 Å². The predicted octanol–water partition coefficient (Wildman–Crippen LogP) is 3.40. The number of hydrogen-bond acceptors (Lipinski definition) is 6. The first kappa shape index (κ1) is 17.1. The molecule has 0 unspecified atom stereocenters. The van der Waals surface area contributed by atoms with Gasteiger partial charge in [0.2, 0.25) is 6.79 Å². The third-order valence-corrected chi connectivity index (χ3v) is 5.93. The quantitative estimate of drug-likeness (QED) is 0.890. The number of benzene rings is 1. The number of nitrogens with zero attached hydrogens (tertiary/aromatic N) is 2. The normalized spacial score (nSPS) is 21.7. The van der Waals surface area contributed by atoms with Crippen molar-refractivity contribution in [2.45, 2.75) is 26.2 Å². The molecule has 0 bridgehead atoms. The molecule has 4 rings (SSSR count). The number of amides is 1. The van der Waals surface area contributed by atoms with Gasteiger partial charge in [0.1, 0.15) is 5.69 Å². The summed E-state index contributed by atoms with van der Waals surface area (Å²) in [6.45, 7) is 4.09. The maximum atomic E-state index is 12.8. The minimum absolute atomic E-state index is 0.0272. The molecular weight excluding hydrogens is 350 g/mol.